The number of primary amides is 1. The summed E-state index contributed by atoms with van der Waals surface area (Å²) in [7, 11) is 0. The van der Waals surface area contributed by atoms with E-state index in [4.69, 9.17) is 57.3 Å². The molecule has 28 heteroatoms. The summed E-state index contributed by atoms with van der Waals surface area (Å²) in [6.45, 7) is 0.540. The molecule has 0 saturated carbocycles. The van der Waals surface area contributed by atoms with Gasteiger partial charge in [0.2, 0.25) is 35.4 Å². The van der Waals surface area contributed by atoms with Crippen molar-refractivity contribution in [3.8, 4) is 0 Å². The molecule has 0 aliphatic carbocycles. The molecule has 384 valence electrons. The van der Waals surface area contributed by atoms with Gasteiger partial charge in [0.1, 0.15) is 6.04 Å². The topological polar surface area (TPSA) is 467 Å². The van der Waals surface area contributed by atoms with Crippen molar-refractivity contribution in [3.63, 3.8) is 0 Å². The molecule has 0 fully saturated rings. The fourth-order valence-electron chi connectivity index (χ4n) is 6.49. The van der Waals surface area contributed by atoms with Crippen LogP contribution in [0.5, 0.6) is 0 Å². The van der Waals surface area contributed by atoms with Crippen molar-refractivity contribution in [2.24, 2.45) is 77.3 Å². The van der Waals surface area contributed by atoms with E-state index < -0.39 is 55.2 Å². The van der Waals surface area contributed by atoms with Gasteiger partial charge in [0, 0.05) is 71.3 Å². The second-order valence-electron chi connectivity index (χ2n) is 15.7. The lowest BCUT2D eigenvalue weighted by Gasteiger charge is -2.31. The number of guanidine groups is 4. The van der Waals surface area contributed by atoms with Crippen molar-refractivity contribution < 1.29 is 28.8 Å². The number of nitrogens with zero attached hydrogens (tertiary/aromatic N) is 10. The molecule has 1 aromatic heterocycles. The van der Waals surface area contributed by atoms with Crippen molar-refractivity contribution in [1.82, 2.24) is 39.8 Å². The Labute approximate surface area is 398 Å². The lowest BCUT2D eigenvalue weighted by molar-refractivity contribution is -0.146. The Kier molecular flexibility index (Phi) is 30.6. The van der Waals surface area contributed by atoms with Crippen LogP contribution in [0.15, 0.2) is 38.7 Å². The second kappa shape index (κ2) is 35.3. The summed E-state index contributed by atoms with van der Waals surface area (Å²) in [6.07, 6.45) is 10.3. The van der Waals surface area contributed by atoms with Gasteiger partial charge in [-0.3, -0.25) is 48.7 Å². The van der Waals surface area contributed by atoms with Gasteiger partial charge in [-0.25, -0.2) is 4.98 Å². The number of imidazole rings is 1. The van der Waals surface area contributed by atoms with Gasteiger partial charge in [-0.15, -0.1) is 0 Å². The summed E-state index contributed by atoms with van der Waals surface area (Å²) >= 11 is 0. The van der Waals surface area contributed by atoms with Crippen molar-refractivity contribution in [2.45, 2.75) is 76.8 Å². The normalized spacial score (nSPS) is 11.1. The van der Waals surface area contributed by atoms with E-state index in [9.17, 15) is 28.8 Å². The zero-order valence-electron chi connectivity index (χ0n) is 39.4. The van der Waals surface area contributed by atoms with Gasteiger partial charge >= 0.3 is 0 Å². The molecule has 1 rings (SSSR count). The number of nitrogens with two attached hydrogens (primary N) is 10. The summed E-state index contributed by atoms with van der Waals surface area (Å²) in [4.78, 5) is 107. The van der Waals surface area contributed by atoms with Crippen LogP contribution in [-0.4, -0.2) is 193 Å². The van der Waals surface area contributed by atoms with E-state index in [-0.39, 0.29) is 114 Å². The number of carbonyl (C=O) groups excluding carboxylic acids is 6. The first-order chi connectivity index (χ1) is 32.4. The minimum Gasteiger partial charge on any atom is -0.370 e. The highest BCUT2D eigenvalue weighted by Gasteiger charge is 2.28. The lowest BCUT2D eigenvalue weighted by atomic mass is 10.1. The maximum absolute atomic E-state index is 14.4. The lowest BCUT2D eigenvalue weighted by Crippen LogP contribution is -2.52. The molecule has 0 bridgehead atoms. The number of amides is 6. The van der Waals surface area contributed by atoms with E-state index in [1.54, 1.807) is 23.3 Å². The minimum atomic E-state index is -1.09. The minimum absolute atomic E-state index is 0.0132. The van der Waals surface area contributed by atoms with Crippen LogP contribution in [0.25, 0.3) is 0 Å². The number of hydrogen-bond donors (Lipinski definition) is 12. The first kappa shape index (κ1) is 59.0. The molecule has 22 N–H and O–H groups in total. The smallest absolute Gasteiger partial charge is 0.242 e. The van der Waals surface area contributed by atoms with Crippen molar-refractivity contribution >= 4 is 59.3 Å². The first-order valence-electron chi connectivity index (χ1n) is 22.7. The Hall–Kier alpha value is -6.97. The van der Waals surface area contributed by atoms with Gasteiger partial charge in [0.25, 0.3) is 0 Å². The fourth-order valence-corrected chi connectivity index (χ4v) is 6.49. The van der Waals surface area contributed by atoms with Crippen LogP contribution in [-0.2, 0) is 35.3 Å². The molecule has 6 amide bonds. The van der Waals surface area contributed by atoms with Crippen molar-refractivity contribution in [3.05, 3.63) is 18.7 Å². The van der Waals surface area contributed by atoms with Crippen LogP contribution in [0.3, 0.4) is 0 Å². The van der Waals surface area contributed by atoms with Gasteiger partial charge in [-0.05, 0) is 64.5 Å². The summed E-state index contributed by atoms with van der Waals surface area (Å²) in [5.41, 5.74) is 55.0. The summed E-state index contributed by atoms with van der Waals surface area (Å²) in [5, 5.41) is 5.70. The summed E-state index contributed by atoms with van der Waals surface area (Å²) < 4.78 is 1.80. The molecule has 0 unspecified atom stereocenters. The van der Waals surface area contributed by atoms with Gasteiger partial charge in [0.15, 0.2) is 23.8 Å². The number of rotatable bonds is 38. The molecule has 0 spiro atoms. The Balaban J connectivity index is 3.45. The zero-order valence-corrected chi connectivity index (χ0v) is 39.4. The Morgan fingerprint density at radius 2 is 0.985 bits per heavy atom. The number of unbranched alkanes of at least 4 members (excludes halogenated alkanes) is 3. The maximum atomic E-state index is 14.4. The zero-order chi connectivity index (χ0) is 50.7. The van der Waals surface area contributed by atoms with Gasteiger partial charge in [-0.2, -0.15) is 0 Å². The molecule has 0 radical (unpaired) electrons. The SMILES string of the molecule is NCCCCCCNCC(=O)N(CCCN=C(N)N)CC(=O)N(CCCN=C(N)N)CC(=O)N(CCCn1ccnc1)CC(=O)N(CCCN=C(N)N)CC(=O)N[C@H](CCCN=C(N)N)C(N)=O. The fraction of sp³-hybridized carbons (Fsp3) is 0.675. The van der Waals surface area contributed by atoms with Crippen molar-refractivity contribution in [1.29, 1.82) is 0 Å². The summed E-state index contributed by atoms with van der Waals surface area (Å²) in [6, 6.07) is -1.09. The predicted molar refractivity (Wildman–Crippen MR) is 260 cm³/mol. The molecule has 0 aliphatic heterocycles. The number of carbonyl (C=O) groups is 6. The predicted octanol–water partition coefficient (Wildman–Crippen LogP) is -6.29. The molecule has 0 saturated heterocycles. The van der Waals surface area contributed by atoms with E-state index in [0.717, 1.165) is 25.7 Å². The van der Waals surface area contributed by atoms with E-state index >= 15 is 0 Å². The highest BCUT2D eigenvalue weighted by atomic mass is 16.2. The number of hydrogen-bond acceptors (Lipinski definition) is 13. The quantitative estimate of drug-likeness (QED) is 0.0167. The third kappa shape index (κ3) is 28.8. The standard InChI is InChI=1S/C40H78N22O6/c41-11-3-1-2-4-12-51-24-32(64)60(20-7-15-55-39(47)48)26-34(66)61(21-8-16-56-40(49)50)28-35(67)62(22-9-18-58-23-17-52-29-58)27-33(65)59(19-6-14-54-38(45)46)25-31(63)57-30(36(42)68)10-5-13-53-37(43)44/h17,23,29-30,51H,1-16,18-22,24-28,41H2,(H2,42,68)(H,57,63)(H4,43,44,53)(H4,45,46,54)(H4,47,48,55)(H4,49,50,56)/t30-/m1/s1. The monoisotopic (exact) mass is 963 g/mol. The van der Waals surface area contributed by atoms with Crippen LogP contribution in [0.1, 0.15) is 64.2 Å². The van der Waals surface area contributed by atoms with Crippen molar-refractivity contribution in [2.75, 3.05) is 98.2 Å². The molecule has 0 aliphatic rings. The molecule has 0 aromatic carbocycles. The van der Waals surface area contributed by atoms with Crippen LogP contribution < -0.4 is 68.0 Å². The van der Waals surface area contributed by atoms with E-state index in [1.807, 2.05) is 0 Å². The number of aromatic nitrogens is 2. The molecule has 1 heterocycles. The Morgan fingerprint density at radius 3 is 1.43 bits per heavy atom. The average molecular weight is 963 g/mol. The van der Waals surface area contributed by atoms with Gasteiger partial charge in [0.05, 0.1) is 39.1 Å². The van der Waals surface area contributed by atoms with Crippen LogP contribution in [0.2, 0.25) is 0 Å². The highest BCUT2D eigenvalue weighted by molar-refractivity contribution is 5.92. The number of aliphatic imine (C=N–C) groups is 4. The Morgan fingerprint density at radius 1 is 0.544 bits per heavy atom. The van der Waals surface area contributed by atoms with E-state index in [2.05, 4.69) is 35.6 Å². The van der Waals surface area contributed by atoms with Gasteiger partial charge < -0.3 is 92.1 Å². The van der Waals surface area contributed by atoms with Crippen LogP contribution in [0, 0.1) is 0 Å². The van der Waals surface area contributed by atoms with Crippen LogP contribution >= 0.6 is 0 Å². The molecule has 28 nitrogen and oxygen atoms in total. The van der Waals surface area contributed by atoms with E-state index in [1.165, 1.54) is 19.6 Å². The first-order valence-corrected chi connectivity index (χ1v) is 22.7. The second-order valence-corrected chi connectivity index (χ2v) is 15.7. The molecule has 1 atom stereocenters. The van der Waals surface area contributed by atoms with Crippen LogP contribution in [0.4, 0.5) is 0 Å². The third-order valence-corrected chi connectivity index (χ3v) is 9.98. The molecular formula is C40H78N22O6. The molecule has 68 heavy (non-hydrogen) atoms. The third-order valence-electron chi connectivity index (χ3n) is 9.98. The largest absolute Gasteiger partial charge is 0.370 e. The van der Waals surface area contributed by atoms with E-state index in [0.29, 0.717) is 38.9 Å². The van der Waals surface area contributed by atoms with Gasteiger partial charge in [-0.1, -0.05) is 12.8 Å². The number of aryl methyl sites for hydroxylation is 1. The number of nitrogens with one attached hydrogen (secondary N) is 2. The summed E-state index contributed by atoms with van der Waals surface area (Å²) in [5.74, 6) is -4.20. The maximum Gasteiger partial charge on any atom is 0.242 e. The molecule has 1 aromatic rings. The molecular weight excluding hydrogens is 885 g/mol. The highest BCUT2D eigenvalue weighted by Crippen LogP contribution is 2.07. The Bertz CT molecular complexity index is 1770. The average Bonchev–Trinajstić information content (AvgIpc) is 3.80.